The van der Waals surface area contributed by atoms with Gasteiger partial charge in [-0.05, 0) is 59.7 Å². The molecular weight excluding hydrogens is 326 g/mol. The van der Waals surface area contributed by atoms with E-state index in [-0.39, 0.29) is 0 Å². The summed E-state index contributed by atoms with van der Waals surface area (Å²) < 4.78 is 6.61. The highest BCUT2D eigenvalue weighted by atomic mass is 79.9. The van der Waals surface area contributed by atoms with Crippen molar-refractivity contribution in [2.45, 2.75) is 39.7 Å². The Labute approximate surface area is 129 Å². The minimum absolute atomic E-state index is 0.539. The molecule has 0 atom stereocenters. The van der Waals surface area contributed by atoms with Crippen LogP contribution in [0.1, 0.15) is 33.6 Å². The van der Waals surface area contributed by atoms with Crippen LogP contribution in [-0.4, -0.2) is 12.6 Å². The minimum atomic E-state index is 0.539. The summed E-state index contributed by atoms with van der Waals surface area (Å²) in [6.07, 6.45) is 2.46. The molecule has 0 saturated heterocycles. The van der Waals surface area contributed by atoms with E-state index in [0.29, 0.717) is 12.6 Å². The monoisotopic (exact) mass is 345 g/mol. The first-order valence-corrected chi connectivity index (χ1v) is 8.06. The van der Waals surface area contributed by atoms with Crippen molar-refractivity contribution < 1.29 is 4.74 Å². The van der Waals surface area contributed by atoms with Crippen LogP contribution in [0.5, 0.6) is 5.75 Å². The van der Waals surface area contributed by atoms with Gasteiger partial charge >= 0.3 is 0 Å². The van der Waals surface area contributed by atoms with Gasteiger partial charge in [0.1, 0.15) is 0 Å². The first-order valence-electron chi connectivity index (χ1n) is 6.89. The van der Waals surface area contributed by atoms with E-state index in [2.05, 4.69) is 35.1 Å². The summed E-state index contributed by atoms with van der Waals surface area (Å²) in [5, 5.41) is 4.28. The van der Waals surface area contributed by atoms with Crippen LogP contribution in [0.3, 0.4) is 0 Å². The quantitative estimate of drug-likeness (QED) is 0.776. The zero-order valence-electron chi connectivity index (χ0n) is 11.7. The van der Waals surface area contributed by atoms with E-state index in [1.807, 2.05) is 19.1 Å². The summed E-state index contributed by atoms with van der Waals surface area (Å²) in [6, 6.07) is 4.35. The van der Waals surface area contributed by atoms with Crippen molar-refractivity contribution in [2.24, 2.45) is 11.8 Å². The Bertz CT molecular complexity index is 444. The Balaban J connectivity index is 2.07. The fourth-order valence-corrected chi connectivity index (χ4v) is 3.43. The summed E-state index contributed by atoms with van der Waals surface area (Å²) in [5.41, 5.74) is 0.994. The lowest BCUT2D eigenvalue weighted by atomic mass is 9.73. The van der Waals surface area contributed by atoms with E-state index in [9.17, 15) is 0 Å². The standard InChI is InChI=1S/C15H21BrClNO/c1-4-19-15-13(16)7-11(17)8-14(15)18-12-5-10(6-12)9(2)3/h7-10,12,18H,4-6H2,1-3H3. The number of rotatable bonds is 5. The highest BCUT2D eigenvalue weighted by Crippen LogP contribution is 2.41. The van der Waals surface area contributed by atoms with E-state index in [4.69, 9.17) is 16.3 Å². The maximum absolute atomic E-state index is 6.12. The molecule has 0 aromatic heterocycles. The van der Waals surface area contributed by atoms with E-state index >= 15 is 0 Å². The second kappa shape index (κ2) is 6.36. The van der Waals surface area contributed by atoms with Crippen molar-refractivity contribution in [3.05, 3.63) is 21.6 Å². The van der Waals surface area contributed by atoms with Gasteiger partial charge < -0.3 is 10.1 Å². The molecule has 1 saturated carbocycles. The molecule has 0 heterocycles. The lowest BCUT2D eigenvalue weighted by molar-refractivity contribution is 0.211. The molecule has 0 aliphatic heterocycles. The SMILES string of the molecule is CCOc1c(Br)cc(Cl)cc1NC1CC(C(C)C)C1. The van der Waals surface area contributed by atoms with Gasteiger partial charge in [0.2, 0.25) is 0 Å². The Kier molecular flexibility index (Phi) is 5.02. The van der Waals surface area contributed by atoms with Gasteiger partial charge in [-0.25, -0.2) is 0 Å². The summed E-state index contributed by atoms with van der Waals surface area (Å²) in [6.45, 7) is 7.22. The van der Waals surface area contributed by atoms with Crippen molar-refractivity contribution in [1.29, 1.82) is 0 Å². The van der Waals surface area contributed by atoms with Crippen LogP contribution in [0, 0.1) is 11.8 Å². The molecule has 1 aromatic rings. The van der Waals surface area contributed by atoms with Gasteiger partial charge in [0.15, 0.2) is 5.75 Å². The van der Waals surface area contributed by atoms with Crippen molar-refractivity contribution >= 4 is 33.2 Å². The molecule has 2 nitrogen and oxygen atoms in total. The van der Waals surface area contributed by atoms with Gasteiger partial charge in [-0.1, -0.05) is 25.4 Å². The zero-order valence-corrected chi connectivity index (χ0v) is 14.0. The molecule has 1 aliphatic carbocycles. The van der Waals surface area contributed by atoms with Crippen molar-refractivity contribution in [3.63, 3.8) is 0 Å². The second-order valence-corrected chi connectivity index (χ2v) is 6.80. The molecule has 4 heteroatoms. The predicted molar refractivity (Wildman–Crippen MR) is 85.3 cm³/mol. The molecule has 0 amide bonds. The van der Waals surface area contributed by atoms with Gasteiger partial charge in [0.05, 0.1) is 16.8 Å². The van der Waals surface area contributed by atoms with Crippen LogP contribution in [0.2, 0.25) is 5.02 Å². The third-order valence-corrected chi connectivity index (χ3v) is 4.58. The summed E-state index contributed by atoms with van der Waals surface area (Å²) in [7, 11) is 0. The number of halogens is 2. The van der Waals surface area contributed by atoms with E-state index in [0.717, 1.165) is 32.8 Å². The first kappa shape index (κ1) is 15.0. The molecular formula is C15H21BrClNO. The fourth-order valence-electron chi connectivity index (χ4n) is 2.50. The number of hydrogen-bond donors (Lipinski definition) is 1. The summed E-state index contributed by atoms with van der Waals surface area (Å²) in [4.78, 5) is 0. The third kappa shape index (κ3) is 3.57. The molecule has 1 aliphatic rings. The first-order chi connectivity index (χ1) is 9.01. The lowest BCUT2D eigenvalue weighted by Crippen LogP contribution is -2.38. The Morgan fingerprint density at radius 3 is 2.68 bits per heavy atom. The number of hydrogen-bond acceptors (Lipinski definition) is 2. The number of ether oxygens (including phenoxy) is 1. The molecule has 19 heavy (non-hydrogen) atoms. The maximum atomic E-state index is 6.12. The lowest BCUT2D eigenvalue weighted by Gasteiger charge is -2.39. The molecule has 0 radical (unpaired) electrons. The van der Waals surface area contributed by atoms with E-state index in [1.165, 1.54) is 12.8 Å². The van der Waals surface area contributed by atoms with Crippen molar-refractivity contribution in [1.82, 2.24) is 0 Å². The fraction of sp³-hybridized carbons (Fsp3) is 0.600. The van der Waals surface area contributed by atoms with E-state index in [1.54, 1.807) is 0 Å². The minimum Gasteiger partial charge on any atom is -0.491 e. The normalized spacial score (nSPS) is 22.2. The zero-order chi connectivity index (χ0) is 14.0. The third-order valence-electron chi connectivity index (χ3n) is 3.77. The highest BCUT2D eigenvalue weighted by Gasteiger charge is 2.31. The topological polar surface area (TPSA) is 21.3 Å². The van der Waals surface area contributed by atoms with Crippen LogP contribution >= 0.6 is 27.5 Å². The van der Waals surface area contributed by atoms with Gasteiger partial charge in [-0.15, -0.1) is 0 Å². The van der Waals surface area contributed by atoms with Gasteiger partial charge in [-0.3, -0.25) is 0 Å². The number of anilines is 1. The average Bonchev–Trinajstić information content (AvgIpc) is 2.26. The molecule has 1 aromatic carbocycles. The second-order valence-electron chi connectivity index (χ2n) is 5.51. The van der Waals surface area contributed by atoms with Gasteiger partial charge in [0, 0.05) is 11.1 Å². The van der Waals surface area contributed by atoms with Crippen LogP contribution in [0.25, 0.3) is 0 Å². The van der Waals surface area contributed by atoms with E-state index < -0.39 is 0 Å². The molecule has 1 N–H and O–H groups in total. The van der Waals surface area contributed by atoms with Crippen LogP contribution in [-0.2, 0) is 0 Å². The smallest absolute Gasteiger partial charge is 0.156 e. The van der Waals surface area contributed by atoms with Crippen LogP contribution in [0.15, 0.2) is 16.6 Å². The molecule has 0 unspecified atom stereocenters. The Hall–Kier alpha value is -0.410. The Morgan fingerprint density at radius 1 is 1.42 bits per heavy atom. The highest BCUT2D eigenvalue weighted by molar-refractivity contribution is 9.10. The van der Waals surface area contributed by atoms with Gasteiger partial charge in [0.25, 0.3) is 0 Å². The summed E-state index contributed by atoms with van der Waals surface area (Å²) in [5.74, 6) is 2.48. The number of benzene rings is 1. The molecule has 1 fully saturated rings. The van der Waals surface area contributed by atoms with Crippen molar-refractivity contribution in [3.8, 4) is 5.75 Å². The summed E-state index contributed by atoms with van der Waals surface area (Å²) >= 11 is 9.63. The number of nitrogens with one attached hydrogen (secondary N) is 1. The molecule has 0 bridgehead atoms. The predicted octanol–water partition coefficient (Wildman–Crippen LogP) is 5.35. The maximum Gasteiger partial charge on any atom is 0.156 e. The largest absolute Gasteiger partial charge is 0.491 e. The molecule has 106 valence electrons. The van der Waals surface area contributed by atoms with Gasteiger partial charge in [-0.2, -0.15) is 0 Å². The average molecular weight is 347 g/mol. The van der Waals surface area contributed by atoms with Crippen LogP contribution < -0.4 is 10.1 Å². The molecule has 2 rings (SSSR count). The van der Waals surface area contributed by atoms with Crippen LogP contribution in [0.4, 0.5) is 5.69 Å². The molecule has 0 spiro atoms. The Morgan fingerprint density at radius 2 is 2.11 bits per heavy atom. The van der Waals surface area contributed by atoms with Crippen molar-refractivity contribution in [2.75, 3.05) is 11.9 Å².